The summed E-state index contributed by atoms with van der Waals surface area (Å²) < 4.78 is 21.7. The van der Waals surface area contributed by atoms with Crippen LogP contribution in [0.1, 0.15) is 129 Å². The largest absolute Gasteiger partial charge is 0.477 e. The second kappa shape index (κ2) is 53.9. The summed E-state index contributed by atoms with van der Waals surface area (Å²) in [4.78, 5) is 179. The highest BCUT2D eigenvalue weighted by Gasteiger charge is 2.48. The Balaban J connectivity index is 1.42. The number of aliphatic hydroxyl groups excluding tert-OH is 4. The maximum atomic E-state index is 12.8. The summed E-state index contributed by atoms with van der Waals surface area (Å²) >= 11 is 0. The monoisotopic (exact) mass is 1540 g/mol. The van der Waals surface area contributed by atoms with E-state index < -0.39 is 194 Å². The number of nitrogens with two attached hydrogens (primary N) is 4. The molecule has 0 spiro atoms. The lowest BCUT2D eigenvalue weighted by atomic mass is 9.92. The Kier molecular flexibility index (Phi) is 46.6. The van der Waals surface area contributed by atoms with E-state index in [-0.39, 0.29) is 52.4 Å². The number of aliphatic hydroxyl groups is 4. The molecule has 0 saturated heterocycles. The van der Waals surface area contributed by atoms with Gasteiger partial charge in [0.2, 0.25) is 58.8 Å². The minimum absolute atomic E-state index is 0.101. The molecule has 2 aliphatic rings. The van der Waals surface area contributed by atoms with Gasteiger partial charge >= 0.3 is 36.2 Å². The minimum Gasteiger partial charge on any atom is -0.477 e. The smallest absolute Gasteiger partial charge is 0.407 e. The Morgan fingerprint density at radius 1 is 0.389 bits per heavy atom. The third-order valence-electron chi connectivity index (χ3n) is 15.8. The summed E-state index contributed by atoms with van der Waals surface area (Å²) in [5, 5.41) is 94.7. The SMILES string of the molecule is CC(=O)N[C@H]1[C@H]([C@H](OC(=O)NCCCCCCNC(=O)CNC(=O)CNC(=O)CNC(=O)NCCCCCCCCCCCCNC(=O)NCC(=O)NCC(=O)NCC(=O)NCCCCCCNC(=O)O[C@@H]([C@@H]2OC(C(=O)O)=C[C@H](N=C(N)N)[C@H]2NC(C)=O)[C@H](O)CO)[C@H](O)CO)OC(C(=O)O)=C[C@@H]1N=C(N)N. The average Bonchev–Trinajstić information content (AvgIpc) is 0.796. The molecule has 0 bridgehead atoms. The van der Waals surface area contributed by atoms with E-state index in [1.54, 1.807) is 0 Å². The van der Waals surface area contributed by atoms with Crippen LogP contribution in [-0.4, -0.2) is 279 Å². The van der Waals surface area contributed by atoms with Crippen LogP contribution < -0.4 is 97.4 Å². The van der Waals surface area contributed by atoms with Crippen LogP contribution in [0.15, 0.2) is 33.7 Å². The number of unbranched alkanes of at least 4 members (excludes halogenated alkanes) is 15. The fourth-order valence-corrected chi connectivity index (χ4v) is 10.5. The first kappa shape index (κ1) is 93.3. The predicted molar refractivity (Wildman–Crippen MR) is 382 cm³/mol. The van der Waals surface area contributed by atoms with Crippen LogP contribution in [-0.2, 0) is 66.9 Å². The maximum absolute atomic E-state index is 12.8. The molecule has 44 nitrogen and oxygen atoms in total. The third kappa shape index (κ3) is 41.8. The van der Waals surface area contributed by atoms with Gasteiger partial charge in [-0.05, 0) is 50.7 Å². The van der Waals surface area contributed by atoms with Gasteiger partial charge in [0.05, 0.1) is 76.6 Å². The normalized spacial score (nSPS) is 17.4. The van der Waals surface area contributed by atoms with E-state index in [1.165, 1.54) is 0 Å². The van der Waals surface area contributed by atoms with Gasteiger partial charge < -0.3 is 147 Å². The molecule has 0 aromatic rings. The number of hydrogen-bond acceptors (Lipinski definition) is 24. The van der Waals surface area contributed by atoms with E-state index in [0.717, 1.165) is 90.2 Å². The van der Waals surface area contributed by atoms with E-state index in [2.05, 4.69) is 84.4 Å². The number of carbonyl (C=O) groups excluding carboxylic acids is 12. The van der Waals surface area contributed by atoms with Gasteiger partial charge in [0, 0.05) is 53.1 Å². The lowest BCUT2D eigenvalue weighted by molar-refractivity contribution is -0.147. The zero-order chi connectivity index (χ0) is 80.3. The molecule has 14 amide bonds. The quantitative estimate of drug-likeness (QED) is 0.0153. The van der Waals surface area contributed by atoms with Crippen LogP contribution in [0.3, 0.4) is 0 Å². The number of carboxylic acid groups (broad SMARTS) is 2. The van der Waals surface area contributed by atoms with E-state index in [9.17, 15) is 97.8 Å². The van der Waals surface area contributed by atoms with E-state index in [0.29, 0.717) is 64.5 Å². The third-order valence-corrected chi connectivity index (χ3v) is 15.8. The molecule has 10 atom stereocenters. The Morgan fingerprint density at radius 2 is 0.639 bits per heavy atom. The Hall–Kier alpha value is -10.8. The van der Waals surface area contributed by atoms with Crippen LogP contribution in [0.4, 0.5) is 19.2 Å². The van der Waals surface area contributed by atoms with Crippen molar-refractivity contribution in [3.63, 3.8) is 0 Å². The molecule has 0 aromatic heterocycles. The van der Waals surface area contributed by atoms with Gasteiger partial charge in [0.25, 0.3) is 0 Å². The molecule has 2 aliphatic heterocycles. The summed E-state index contributed by atoms with van der Waals surface area (Å²) in [5.41, 5.74) is 22.0. The number of carboxylic acids is 2. The van der Waals surface area contributed by atoms with Crippen molar-refractivity contribution in [2.75, 3.05) is 91.8 Å². The Labute approximate surface area is 623 Å². The molecule has 0 fully saturated rings. The van der Waals surface area contributed by atoms with E-state index >= 15 is 0 Å². The van der Waals surface area contributed by atoms with Crippen molar-refractivity contribution < 1.29 is 117 Å². The lowest BCUT2D eigenvalue weighted by Gasteiger charge is -2.39. The van der Waals surface area contributed by atoms with Crippen LogP contribution >= 0.6 is 0 Å². The molecule has 0 aromatic carbocycles. The average molecular weight is 1540 g/mol. The number of nitrogens with zero attached hydrogens (tertiary/aromatic N) is 2. The Morgan fingerprint density at radius 3 is 0.898 bits per heavy atom. The molecule has 2 heterocycles. The standard InChI is InChI=1S/C64H110N20O24/c1-37(87)81-51-39(83-59(65)66)27-43(57(97)98)105-55(51)53(41(89)35-85)107-63(103)73-25-19-13-11-15-21-69-45(91)29-75-47(93)31-77-49(95)33-79-61(101)71-23-17-9-7-5-3-4-6-8-10-18-24-72-62(102)80-34-50(96)78-32-48(94)76-30-46(92)70-22-16-12-14-20-26-74-64(104)108-54(42(90)36-86)56-52(82-38(2)88)40(84-60(67)68)28-44(106-56)58(99)100/h27-28,39-42,51-56,85-86,89-90H,3-26,29-36H2,1-2H3,(H,69,91)(H,70,92)(H,73,103)(H,74,104)(H,75,93)(H,76,94)(H,77,95)(H,78,96)(H,81,87)(H,82,88)(H,97,98)(H,99,100)(H4,65,66,83)(H4,67,68,84)(H2,71,79,101)(H2,72,80,102)/t39-,40-,41+,42+,51+,52+,53+,54+,55+,56+/m0/s1. The van der Waals surface area contributed by atoms with Crippen molar-refractivity contribution in [3.05, 3.63) is 23.7 Å². The minimum atomic E-state index is -1.79. The number of ether oxygens (including phenoxy) is 4. The molecule has 44 heteroatoms. The van der Waals surface area contributed by atoms with Gasteiger partial charge in [-0.15, -0.1) is 0 Å². The molecule has 0 saturated carbocycles. The number of hydrogen-bond donors (Lipinski definition) is 24. The molecule has 0 unspecified atom stereocenters. The summed E-state index contributed by atoms with van der Waals surface area (Å²) in [5.74, 6) is -10.0. The van der Waals surface area contributed by atoms with Crippen molar-refractivity contribution in [1.82, 2.24) is 74.4 Å². The first-order chi connectivity index (χ1) is 51.4. The Bertz CT molecular complexity index is 2850. The lowest BCUT2D eigenvalue weighted by Crippen LogP contribution is -2.61. The summed E-state index contributed by atoms with van der Waals surface area (Å²) in [6, 6.07) is -6.01. The molecule has 0 aliphatic carbocycles. The highest BCUT2D eigenvalue weighted by molar-refractivity contribution is 5.91. The number of aliphatic carboxylic acids is 2. The van der Waals surface area contributed by atoms with Crippen LogP contribution in [0.25, 0.3) is 0 Å². The van der Waals surface area contributed by atoms with Gasteiger partial charge in [0.15, 0.2) is 36.3 Å². The summed E-state index contributed by atoms with van der Waals surface area (Å²) in [6.07, 6.45) is 3.61. The fourth-order valence-electron chi connectivity index (χ4n) is 10.5. The molecule has 108 heavy (non-hydrogen) atoms. The first-order valence-corrected chi connectivity index (χ1v) is 35.5. The van der Waals surface area contributed by atoms with Gasteiger partial charge in [-0.3, -0.25) is 38.4 Å². The zero-order valence-corrected chi connectivity index (χ0v) is 60.8. The number of urea groups is 2. The second-order valence-electron chi connectivity index (χ2n) is 24.9. The molecule has 2 rings (SSSR count). The highest BCUT2D eigenvalue weighted by Crippen LogP contribution is 2.28. The number of guanidine groups is 2. The highest BCUT2D eigenvalue weighted by atomic mass is 16.6. The van der Waals surface area contributed by atoms with Crippen LogP contribution in [0.2, 0.25) is 0 Å². The number of rotatable bonds is 53. The predicted octanol–water partition coefficient (Wildman–Crippen LogP) is -6.77. The van der Waals surface area contributed by atoms with Crippen molar-refractivity contribution in [1.29, 1.82) is 0 Å². The van der Waals surface area contributed by atoms with Gasteiger partial charge in [-0.1, -0.05) is 77.0 Å². The molecular formula is C64H110N20O24. The summed E-state index contributed by atoms with van der Waals surface area (Å²) in [6.45, 7) is -0.363. The number of aliphatic imine (C=N–C) groups is 2. The number of alkyl carbamates (subject to hydrolysis) is 2. The number of amides is 14. The van der Waals surface area contributed by atoms with Crippen molar-refractivity contribution in [2.24, 2.45) is 32.9 Å². The second-order valence-corrected chi connectivity index (χ2v) is 24.9. The number of carbonyl (C=O) groups is 14. The topological polar surface area (TPSA) is 694 Å². The first-order valence-electron chi connectivity index (χ1n) is 35.5. The van der Waals surface area contributed by atoms with Crippen molar-refractivity contribution >= 4 is 95.4 Å². The van der Waals surface area contributed by atoms with Crippen LogP contribution in [0.5, 0.6) is 0 Å². The van der Waals surface area contributed by atoms with E-state index in [4.69, 9.17) is 41.9 Å². The van der Waals surface area contributed by atoms with E-state index in [1.807, 2.05) is 0 Å². The van der Waals surface area contributed by atoms with Crippen LogP contribution in [0, 0.1) is 0 Å². The zero-order valence-electron chi connectivity index (χ0n) is 60.8. The molecule has 610 valence electrons. The van der Waals surface area contributed by atoms with Crippen molar-refractivity contribution in [3.8, 4) is 0 Å². The number of nitrogens with one attached hydrogen (secondary N) is 14. The molecular weight excluding hydrogens is 1430 g/mol. The van der Waals surface area contributed by atoms with Gasteiger partial charge in [-0.2, -0.15) is 0 Å². The van der Waals surface area contributed by atoms with Gasteiger partial charge in [0.1, 0.15) is 12.2 Å². The molecule has 0 radical (unpaired) electrons. The van der Waals surface area contributed by atoms with Gasteiger partial charge in [-0.25, -0.2) is 38.8 Å². The maximum Gasteiger partial charge on any atom is 0.407 e. The summed E-state index contributed by atoms with van der Waals surface area (Å²) in [7, 11) is 0. The fraction of sp³-hybridized carbons (Fsp3) is 0.688. The molecule has 28 N–H and O–H groups in total. The van der Waals surface area contributed by atoms with Crippen molar-refractivity contribution in [2.45, 2.75) is 190 Å².